The molecule has 0 aromatic heterocycles. The Labute approximate surface area is 120 Å². The van der Waals surface area contributed by atoms with E-state index in [0.717, 1.165) is 18.2 Å². The molecule has 0 spiro atoms. The van der Waals surface area contributed by atoms with Crippen molar-refractivity contribution < 1.29 is 9.50 Å². The predicted molar refractivity (Wildman–Crippen MR) is 79.4 cm³/mol. The number of aliphatic hydroxyl groups excluding tert-OH is 1. The normalized spacial score (nSPS) is 28.1. The molecule has 3 atom stereocenters. The Kier molecular flexibility index (Phi) is 3.97. The van der Waals surface area contributed by atoms with E-state index in [-0.39, 0.29) is 5.82 Å². The highest BCUT2D eigenvalue weighted by Gasteiger charge is 2.34. The second kappa shape index (κ2) is 5.72. The third kappa shape index (κ3) is 2.56. The number of hydrogen-bond donors (Lipinski definition) is 1. The third-order valence-electron chi connectivity index (χ3n) is 5.01. The number of piperidine rings is 1. The van der Waals surface area contributed by atoms with Crippen LogP contribution in [0.15, 0.2) is 18.2 Å². The Bertz CT molecular complexity index is 472. The maximum absolute atomic E-state index is 14.4. The van der Waals surface area contributed by atoms with Crippen molar-refractivity contribution in [1.29, 1.82) is 0 Å². The maximum atomic E-state index is 14.4. The summed E-state index contributed by atoms with van der Waals surface area (Å²) >= 11 is 0. The number of anilines is 1. The van der Waals surface area contributed by atoms with Crippen LogP contribution in [0, 0.1) is 11.7 Å². The van der Waals surface area contributed by atoms with Crippen molar-refractivity contribution in [3.63, 3.8) is 0 Å². The van der Waals surface area contributed by atoms with Crippen LogP contribution in [0.4, 0.5) is 10.1 Å². The number of halogens is 1. The number of fused-ring (bicyclic) bond motifs is 1. The van der Waals surface area contributed by atoms with Crippen LogP contribution in [0.1, 0.15) is 57.1 Å². The molecule has 1 heterocycles. The Morgan fingerprint density at radius 3 is 2.70 bits per heavy atom. The third-order valence-corrected chi connectivity index (χ3v) is 5.01. The van der Waals surface area contributed by atoms with E-state index in [1.807, 2.05) is 12.1 Å². The SMILES string of the molecule is C[C@@H](O)c1ccc(N2CCC[C@H]3CCCC[C@H]32)c(F)c1. The molecule has 0 radical (unpaired) electrons. The molecule has 1 aromatic carbocycles. The summed E-state index contributed by atoms with van der Waals surface area (Å²) in [6.07, 6.45) is 6.95. The second-order valence-electron chi connectivity index (χ2n) is 6.33. The van der Waals surface area contributed by atoms with Gasteiger partial charge in [0.25, 0.3) is 0 Å². The summed E-state index contributed by atoms with van der Waals surface area (Å²) < 4.78 is 14.4. The van der Waals surface area contributed by atoms with Gasteiger partial charge in [0, 0.05) is 12.6 Å². The Morgan fingerprint density at radius 2 is 1.95 bits per heavy atom. The van der Waals surface area contributed by atoms with Crippen molar-refractivity contribution >= 4 is 5.69 Å². The summed E-state index contributed by atoms with van der Waals surface area (Å²) in [4.78, 5) is 2.29. The monoisotopic (exact) mass is 277 g/mol. The van der Waals surface area contributed by atoms with Gasteiger partial charge in [-0.15, -0.1) is 0 Å². The lowest BCUT2D eigenvalue weighted by Gasteiger charge is -2.45. The van der Waals surface area contributed by atoms with Gasteiger partial charge in [0.1, 0.15) is 5.82 Å². The van der Waals surface area contributed by atoms with Crippen molar-refractivity contribution in [1.82, 2.24) is 0 Å². The van der Waals surface area contributed by atoms with Crippen molar-refractivity contribution in [3.05, 3.63) is 29.6 Å². The molecule has 2 aliphatic rings. The molecule has 0 amide bonds. The van der Waals surface area contributed by atoms with Crippen molar-refractivity contribution in [2.75, 3.05) is 11.4 Å². The quantitative estimate of drug-likeness (QED) is 0.882. The highest BCUT2D eigenvalue weighted by molar-refractivity contribution is 5.51. The minimum atomic E-state index is -0.609. The number of rotatable bonds is 2. The van der Waals surface area contributed by atoms with Gasteiger partial charge in [0.15, 0.2) is 0 Å². The van der Waals surface area contributed by atoms with E-state index < -0.39 is 6.10 Å². The van der Waals surface area contributed by atoms with E-state index in [9.17, 15) is 9.50 Å². The van der Waals surface area contributed by atoms with Crippen LogP contribution < -0.4 is 4.90 Å². The van der Waals surface area contributed by atoms with E-state index in [2.05, 4.69) is 4.90 Å². The maximum Gasteiger partial charge on any atom is 0.146 e. The molecular formula is C17H24FNO. The van der Waals surface area contributed by atoms with Gasteiger partial charge in [-0.1, -0.05) is 18.9 Å². The molecule has 1 aromatic rings. The fraction of sp³-hybridized carbons (Fsp3) is 0.647. The summed E-state index contributed by atoms with van der Waals surface area (Å²) in [6.45, 7) is 2.64. The average Bonchev–Trinajstić information content (AvgIpc) is 2.46. The predicted octanol–water partition coefficient (Wildman–Crippen LogP) is 4.04. The Hall–Kier alpha value is -1.09. The second-order valence-corrected chi connectivity index (χ2v) is 6.33. The van der Waals surface area contributed by atoms with Gasteiger partial charge in [-0.2, -0.15) is 0 Å². The van der Waals surface area contributed by atoms with Crippen molar-refractivity contribution in [3.8, 4) is 0 Å². The minimum Gasteiger partial charge on any atom is -0.389 e. The molecule has 1 aliphatic heterocycles. The van der Waals surface area contributed by atoms with Crippen molar-refractivity contribution in [2.24, 2.45) is 5.92 Å². The molecule has 1 saturated carbocycles. The van der Waals surface area contributed by atoms with Gasteiger partial charge in [-0.05, 0) is 56.2 Å². The molecule has 110 valence electrons. The lowest BCUT2D eigenvalue weighted by atomic mass is 9.78. The van der Waals surface area contributed by atoms with E-state index in [0.29, 0.717) is 11.6 Å². The number of aliphatic hydroxyl groups is 1. The highest BCUT2D eigenvalue weighted by Crippen LogP contribution is 2.38. The lowest BCUT2D eigenvalue weighted by Crippen LogP contribution is -2.47. The standard InChI is InChI=1S/C17H24FNO/c1-12(20)14-8-9-17(15(18)11-14)19-10-4-6-13-5-2-3-7-16(13)19/h8-9,11-13,16,20H,2-7,10H2,1H3/t12-,13-,16-/m1/s1. The van der Waals surface area contributed by atoms with Gasteiger partial charge < -0.3 is 10.0 Å². The fourth-order valence-corrected chi connectivity index (χ4v) is 3.94. The van der Waals surface area contributed by atoms with Gasteiger partial charge >= 0.3 is 0 Å². The topological polar surface area (TPSA) is 23.5 Å². The average molecular weight is 277 g/mol. The van der Waals surface area contributed by atoms with E-state index in [4.69, 9.17) is 0 Å². The summed E-state index contributed by atoms with van der Waals surface area (Å²) in [5, 5.41) is 9.56. The largest absolute Gasteiger partial charge is 0.389 e. The van der Waals surface area contributed by atoms with Crippen LogP contribution in [0.2, 0.25) is 0 Å². The molecule has 3 heteroatoms. The molecular weight excluding hydrogens is 253 g/mol. The molecule has 20 heavy (non-hydrogen) atoms. The molecule has 2 nitrogen and oxygen atoms in total. The van der Waals surface area contributed by atoms with Crippen molar-refractivity contribution in [2.45, 2.75) is 57.6 Å². The number of hydrogen-bond acceptors (Lipinski definition) is 2. The molecule has 0 unspecified atom stereocenters. The zero-order valence-corrected chi connectivity index (χ0v) is 12.2. The summed E-state index contributed by atoms with van der Waals surface area (Å²) in [6, 6.07) is 5.72. The van der Waals surface area contributed by atoms with Gasteiger partial charge in [0.05, 0.1) is 11.8 Å². The molecule has 2 fully saturated rings. The smallest absolute Gasteiger partial charge is 0.146 e. The molecule has 1 aliphatic carbocycles. The van der Waals surface area contributed by atoms with E-state index >= 15 is 0 Å². The zero-order chi connectivity index (χ0) is 14.1. The van der Waals surface area contributed by atoms with Crippen LogP contribution in [-0.4, -0.2) is 17.7 Å². The first-order valence-electron chi connectivity index (χ1n) is 7.91. The first kappa shape index (κ1) is 13.9. The molecule has 1 saturated heterocycles. The minimum absolute atomic E-state index is 0.186. The highest BCUT2D eigenvalue weighted by atomic mass is 19.1. The zero-order valence-electron chi connectivity index (χ0n) is 12.2. The van der Waals surface area contributed by atoms with Gasteiger partial charge in [-0.3, -0.25) is 0 Å². The van der Waals surface area contributed by atoms with Gasteiger partial charge in [-0.25, -0.2) is 4.39 Å². The van der Waals surface area contributed by atoms with Crippen LogP contribution in [0.25, 0.3) is 0 Å². The van der Waals surface area contributed by atoms with Crippen LogP contribution >= 0.6 is 0 Å². The first-order chi connectivity index (χ1) is 9.66. The van der Waals surface area contributed by atoms with Crippen LogP contribution in [0.5, 0.6) is 0 Å². The Balaban J connectivity index is 1.87. The first-order valence-corrected chi connectivity index (χ1v) is 7.91. The Morgan fingerprint density at radius 1 is 1.20 bits per heavy atom. The molecule has 0 bridgehead atoms. The number of benzene rings is 1. The van der Waals surface area contributed by atoms with Crippen LogP contribution in [0.3, 0.4) is 0 Å². The summed E-state index contributed by atoms with van der Waals surface area (Å²) in [5.41, 5.74) is 1.38. The summed E-state index contributed by atoms with van der Waals surface area (Å²) in [5.74, 6) is 0.558. The van der Waals surface area contributed by atoms with E-state index in [1.165, 1.54) is 44.6 Å². The fourth-order valence-electron chi connectivity index (χ4n) is 3.94. The number of nitrogens with zero attached hydrogens (tertiary/aromatic N) is 1. The van der Waals surface area contributed by atoms with Crippen LogP contribution in [-0.2, 0) is 0 Å². The van der Waals surface area contributed by atoms with Gasteiger partial charge in [0.2, 0.25) is 0 Å². The molecule has 1 N–H and O–H groups in total. The lowest BCUT2D eigenvalue weighted by molar-refractivity contribution is 0.198. The van der Waals surface area contributed by atoms with E-state index in [1.54, 1.807) is 6.92 Å². The summed E-state index contributed by atoms with van der Waals surface area (Å²) in [7, 11) is 0. The molecule has 3 rings (SSSR count).